The van der Waals surface area contributed by atoms with Gasteiger partial charge < -0.3 is 10.1 Å². The highest BCUT2D eigenvalue weighted by molar-refractivity contribution is 7.98. The topological polar surface area (TPSA) is 21.3 Å². The Morgan fingerprint density at radius 2 is 2.21 bits per heavy atom. The largest absolute Gasteiger partial charge is 0.496 e. The zero-order chi connectivity index (χ0) is 13.5. The van der Waals surface area contributed by atoms with Crippen LogP contribution in [0.4, 0.5) is 0 Å². The van der Waals surface area contributed by atoms with Gasteiger partial charge in [0, 0.05) is 4.90 Å². The van der Waals surface area contributed by atoms with E-state index in [0.29, 0.717) is 0 Å². The number of benzene rings is 1. The van der Waals surface area contributed by atoms with Crippen LogP contribution in [0.1, 0.15) is 37.8 Å². The number of ether oxygens (including phenoxy) is 1. The smallest absolute Gasteiger partial charge is 0.113 e. The molecular formula is C16H23NOS. The molecule has 1 aromatic carbocycles. The lowest BCUT2D eigenvalue weighted by atomic mass is 10.0. The Morgan fingerprint density at radius 3 is 2.89 bits per heavy atom. The van der Waals surface area contributed by atoms with Crippen molar-refractivity contribution in [3.63, 3.8) is 0 Å². The molecule has 0 bridgehead atoms. The molecule has 0 saturated heterocycles. The molecule has 1 atom stereocenters. The van der Waals surface area contributed by atoms with Crippen molar-refractivity contribution in [3.8, 4) is 0 Å². The molecule has 19 heavy (non-hydrogen) atoms. The van der Waals surface area contributed by atoms with Gasteiger partial charge in [-0.2, -0.15) is 0 Å². The second-order valence-corrected chi connectivity index (χ2v) is 5.57. The monoisotopic (exact) mass is 277 g/mol. The van der Waals surface area contributed by atoms with Crippen molar-refractivity contribution >= 4 is 11.8 Å². The second-order valence-electron chi connectivity index (χ2n) is 4.73. The Hall–Kier alpha value is -0.930. The summed E-state index contributed by atoms with van der Waals surface area (Å²) >= 11 is 1.80. The van der Waals surface area contributed by atoms with Gasteiger partial charge in [0.15, 0.2) is 0 Å². The summed E-state index contributed by atoms with van der Waals surface area (Å²) in [4.78, 5) is 1.33. The Morgan fingerprint density at radius 1 is 1.37 bits per heavy atom. The predicted octanol–water partition coefficient (Wildman–Crippen LogP) is 4.14. The van der Waals surface area contributed by atoms with E-state index < -0.39 is 0 Å². The van der Waals surface area contributed by atoms with Crippen LogP contribution in [0.15, 0.2) is 41.0 Å². The van der Waals surface area contributed by atoms with Gasteiger partial charge in [-0.3, -0.25) is 0 Å². The fourth-order valence-electron chi connectivity index (χ4n) is 2.34. The summed E-state index contributed by atoms with van der Waals surface area (Å²) in [6.45, 7) is 4.05. The Balaban J connectivity index is 2.27. The van der Waals surface area contributed by atoms with E-state index in [4.69, 9.17) is 4.74 Å². The number of rotatable bonds is 6. The Kier molecular flexibility index (Phi) is 5.80. The lowest BCUT2D eigenvalue weighted by Crippen LogP contribution is -2.26. The summed E-state index contributed by atoms with van der Waals surface area (Å²) in [6.07, 6.45) is 7.76. The molecule has 0 aliphatic carbocycles. The van der Waals surface area contributed by atoms with Crippen molar-refractivity contribution in [3.05, 3.63) is 41.7 Å². The van der Waals surface area contributed by atoms with Crippen LogP contribution in [0, 0.1) is 0 Å². The Labute approximate surface area is 120 Å². The maximum Gasteiger partial charge on any atom is 0.113 e. The molecule has 1 unspecified atom stereocenters. The molecular weight excluding hydrogens is 254 g/mol. The average Bonchev–Trinajstić information content (AvgIpc) is 2.49. The van der Waals surface area contributed by atoms with Crippen molar-refractivity contribution in [2.45, 2.75) is 37.1 Å². The summed E-state index contributed by atoms with van der Waals surface area (Å²) in [5, 5.41) is 3.62. The minimum absolute atomic E-state index is 0.198. The van der Waals surface area contributed by atoms with Crippen molar-refractivity contribution in [2.75, 3.05) is 19.4 Å². The first-order chi connectivity index (χ1) is 9.36. The highest BCUT2D eigenvalue weighted by atomic mass is 32.2. The summed E-state index contributed by atoms with van der Waals surface area (Å²) in [7, 11) is 0. The molecule has 0 aromatic heterocycles. The van der Waals surface area contributed by atoms with Gasteiger partial charge >= 0.3 is 0 Å². The van der Waals surface area contributed by atoms with Crippen molar-refractivity contribution in [2.24, 2.45) is 0 Å². The van der Waals surface area contributed by atoms with Crippen molar-refractivity contribution < 1.29 is 4.74 Å². The first-order valence-electron chi connectivity index (χ1n) is 7.06. The lowest BCUT2D eigenvalue weighted by molar-refractivity contribution is 0.167. The first-order valence-corrected chi connectivity index (χ1v) is 8.28. The number of allylic oxidation sites excluding steroid dienone is 1. The number of thioether (sulfide) groups is 1. The molecule has 1 aliphatic heterocycles. The highest BCUT2D eigenvalue weighted by Crippen LogP contribution is 2.32. The molecule has 1 aliphatic rings. The van der Waals surface area contributed by atoms with E-state index in [1.54, 1.807) is 11.8 Å². The van der Waals surface area contributed by atoms with Gasteiger partial charge in [0.2, 0.25) is 0 Å². The van der Waals surface area contributed by atoms with Gasteiger partial charge in [0.05, 0.1) is 12.6 Å². The molecule has 1 heterocycles. The summed E-state index contributed by atoms with van der Waals surface area (Å²) in [5.74, 6) is 1.10. The maximum atomic E-state index is 5.88. The normalized spacial score (nSPS) is 16.6. The van der Waals surface area contributed by atoms with Crippen LogP contribution in [-0.4, -0.2) is 19.4 Å². The van der Waals surface area contributed by atoms with E-state index in [1.165, 1.54) is 10.5 Å². The zero-order valence-electron chi connectivity index (χ0n) is 11.8. The third-order valence-corrected chi connectivity index (χ3v) is 4.11. The van der Waals surface area contributed by atoms with Crippen molar-refractivity contribution in [1.82, 2.24) is 5.32 Å². The maximum absolute atomic E-state index is 5.88. The minimum atomic E-state index is 0.198. The molecule has 0 amide bonds. The number of hydrogen-bond donors (Lipinski definition) is 1. The Bertz CT molecular complexity index is 431. The van der Waals surface area contributed by atoms with Gasteiger partial charge in [0.1, 0.15) is 5.76 Å². The third-order valence-electron chi connectivity index (χ3n) is 3.30. The van der Waals surface area contributed by atoms with Crippen LogP contribution in [0.2, 0.25) is 0 Å². The predicted molar refractivity (Wildman–Crippen MR) is 82.5 cm³/mol. The second kappa shape index (κ2) is 7.61. The van der Waals surface area contributed by atoms with E-state index in [-0.39, 0.29) is 6.04 Å². The van der Waals surface area contributed by atoms with Crippen LogP contribution >= 0.6 is 11.8 Å². The fraction of sp³-hybridized carbons (Fsp3) is 0.500. The van der Waals surface area contributed by atoms with Crippen LogP contribution in [-0.2, 0) is 4.74 Å². The summed E-state index contributed by atoms with van der Waals surface area (Å²) in [5.41, 5.74) is 1.33. The standard InChI is InChI=1S/C16H23NOS/c1-3-11-17-16(14-9-6-7-12-18-14)13-8-4-5-10-15(13)19-2/h4-5,8-10,16-17H,3,6-7,11-12H2,1-2H3. The molecule has 104 valence electrons. The van der Waals surface area contributed by atoms with Crippen LogP contribution in [0.3, 0.4) is 0 Å². The van der Waals surface area contributed by atoms with Gasteiger partial charge in [0.25, 0.3) is 0 Å². The summed E-state index contributed by atoms with van der Waals surface area (Å²) < 4.78 is 5.88. The molecule has 1 aromatic rings. The van der Waals surface area contributed by atoms with E-state index in [2.05, 4.69) is 48.8 Å². The fourth-order valence-corrected chi connectivity index (χ4v) is 2.97. The van der Waals surface area contributed by atoms with Gasteiger partial charge in [-0.15, -0.1) is 11.8 Å². The first kappa shape index (κ1) is 14.5. The van der Waals surface area contributed by atoms with Crippen LogP contribution in [0.5, 0.6) is 0 Å². The van der Waals surface area contributed by atoms with E-state index >= 15 is 0 Å². The van der Waals surface area contributed by atoms with Crippen molar-refractivity contribution in [1.29, 1.82) is 0 Å². The van der Waals surface area contributed by atoms with E-state index in [1.807, 2.05) is 0 Å². The van der Waals surface area contributed by atoms with Crippen LogP contribution < -0.4 is 5.32 Å². The third kappa shape index (κ3) is 3.77. The molecule has 2 nitrogen and oxygen atoms in total. The number of nitrogens with one attached hydrogen (secondary N) is 1. The van der Waals surface area contributed by atoms with Gasteiger partial charge in [-0.25, -0.2) is 0 Å². The molecule has 0 radical (unpaired) electrons. The zero-order valence-corrected chi connectivity index (χ0v) is 12.6. The molecule has 0 saturated carbocycles. The SMILES string of the molecule is CCCNC(C1=CCCCO1)c1ccccc1SC. The lowest BCUT2D eigenvalue weighted by Gasteiger charge is -2.26. The minimum Gasteiger partial charge on any atom is -0.496 e. The average molecular weight is 277 g/mol. The quantitative estimate of drug-likeness (QED) is 0.790. The summed E-state index contributed by atoms with van der Waals surface area (Å²) in [6, 6.07) is 8.80. The molecule has 2 rings (SSSR count). The molecule has 0 spiro atoms. The van der Waals surface area contributed by atoms with Crippen LogP contribution in [0.25, 0.3) is 0 Å². The van der Waals surface area contributed by atoms with Gasteiger partial charge in [-0.05, 0) is 49.8 Å². The highest BCUT2D eigenvalue weighted by Gasteiger charge is 2.21. The number of hydrogen-bond acceptors (Lipinski definition) is 3. The van der Waals surface area contributed by atoms with E-state index in [9.17, 15) is 0 Å². The van der Waals surface area contributed by atoms with E-state index in [0.717, 1.165) is 38.2 Å². The van der Waals surface area contributed by atoms with Gasteiger partial charge in [-0.1, -0.05) is 25.1 Å². The molecule has 1 N–H and O–H groups in total. The molecule has 0 fully saturated rings. The molecule has 3 heteroatoms.